The maximum absolute atomic E-state index is 12.6. The zero-order chi connectivity index (χ0) is 15.9. The molecular formula is C15H21F3N2O. The third-order valence-electron chi connectivity index (χ3n) is 2.97. The van der Waals surface area contributed by atoms with Crippen molar-refractivity contribution in [1.29, 1.82) is 0 Å². The van der Waals surface area contributed by atoms with Crippen molar-refractivity contribution in [3.8, 4) is 0 Å². The third-order valence-corrected chi connectivity index (χ3v) is 2.97. The summed E-state index contributed by atoms with van der Waals surface area (Å²) in [5.41, 5.74) is -0.426. The van der Waals surface area contributed by atoms with Gasteiger partial charge in [0.15, 0.2) is 0 Å². The van der Waals surface area contributed by atoms with Crippen LogP contribution in [0.15, 0.2) is 24.3 Å². The van der Waals surface area contributed by atoms with Crippen molar-refractivity contribution in [1.82, 2.24) is 4.90 Å². The van der Waals surface area contributed by atoms with E-state index < -0.39 is 11.7 Å². The molecule has 1 aromatic rings. The highest BCUT2D eigenvalue weighted by Gasteiger charge is 2.30. The molecule has 21 heavy (non-hydrogen) atoms. The number of benzene rings is 1. The summed E-state index contributed by atoms with van der Waals surface area (Å²) >= 11 is 0. The fourth-order valence-corrected chi connectivity index (χ4v) is 2.00. The van der Waals surface area contributed by atoms with Gasteiger partial charge in [0.05, 0.1) is 12.1 Å². The molecule has 1 N–H and O–H groups in total. The number of hydrogen-bond acceptors (Lipinski definition) is 2. The molecule has 0 atom stereocenters. The van der Waals surface area contributed by atoms with E-state index in [0.29, 0.717) is 18.8 Å². The van der Waals surface area contributed by atoms with Crippen LogP contribution in [-0.4, -0.2) is 30.4 Å². The minimum atomic E-state index is -4.38. The Hall–Kier alpha value is -1.72. The van der Waals surface area contributed by atoms with E-state index >= 15 is 0 Å². The molecule has 0 saturated carbocycles. The van der Waals surface area contributed by atoms with Crippen molar-refractivity contribution in [2.75, 3.05) is 25.0 Å². The van der Waals surface area contributed by atoms with Crippen LogP contribution in [0, 0.1) is 0 Å². The Labute approximate surface area is 123 Å². The molecule has 0 radical (unpaired) electrons. The van der Waals surface area contributed by atoms with Crippen molar-refractivity contribution in [3.63, 3.8) is 0 Å². The standard InChI is InChI=1S/C15H21F3N2O/c1-3-8-20(9-4-2)14(21)11-19-13-7-5-6-12(10-13)15(16,17)18/h5-7,10,19H,3-4,8-9,11H2,1-2H3. The van der Waals surface area contributed by atoms with E-state index in [1.54, 1.807) is 4.90 Å². The highest BCUT2D eigenvalue weighted by Crippen LogP contribution is 2.30. The second-order valence-corrected chi connectivity index (χ2v) is 4.81. The van der Waals surface area contributed by atoms with E-state index in [0.717, 1.165) is 25.0 Å². The number of anilines is 1. The molecule has 1 rings (SSSR count). The van der Waals surface area contributed by atoms with Gasteiger partial charge in [-0.05, 0) is 31.0 Å². The summed E-state index contributed by atoms with van der Waals surface area (Å²) in [6.45, 7) is 5.29. The first-order valence-corrected chi connectivity index (χ1v) is 7.07. The highest BCUT2D eigenvalue weighted by atomic mass is 19.4. The molecule has 0 fully saturated rings. The fraction of sp³-hybridized carbons (Fsp3) is 0.533. The number of amides is 1. The van der Waals surface area contributed by atoms with Crippen LogP contribution in [0.1, 0.15) is 32.3 Å². The van der Waals surface area contributed by atoms with Crippen molar-refractivity contribution in [2.24, 2.45) is 0 Å². The zero-order valence-electron chi connectivity index (χ0n) is 12.3. The van der Waals surface area contributed by atoms with E-state index in [1.807, 2.05) is 13.8 Å². The molecule has 0 aliphatic carbocycles. The topological polar surface area (TPSA) is 32.3 Å². The molecule has 1 aromatic carbocycles. The Morgan fingerprint density at radius 2 is 1.81 bits per heavy atom. The van der Waals surface area contributed by atoms with Crippen molar-refractivity contribution < 1.29 is 18.0 Å². The lowest BCUT2D eigenvalue weighted by molar-refractivity contribution is -0.137. The average Bonchev–Trinajstić information content (AvgIpc) is 2.44. The Morgan fingerprint density at radius 1 is 1.19 bits per heavy atom. The Balaban J connectivity index is 2.64. The van der Waals surface area contributed by atoms with Crippen LogP contribution in [0.25, 0.3) is 0 Å². The van der Waals surface area contributed by atoms with Crippen LogP contribution in [0.2, 0.25) is 0 Å². The summed E-state index contributed by atoms with van der Waals surface area (Å²) in [5, 5.41) is 2.76. The van der Waals surface area contributed by atoms with Gasteiger partial charge in [-0.1, -0.05) is 19.9 Å². The lowest BCUT2D eigenvalue weighted by Crippen LogP contribution is -2.36. The number of carbonyl (C=O) groups is 1. The SMILES string of the molecule is CCCN(CCC)C(=O)CNc1cccc(C(F)(F)F)c1. The number of rotatable bonds is 7. The quantitative estimate of drug-likeness (QED) is 0.831. The Bertz CT molecular complexity index is 454. The number of carbonyl (C=O) groups excluding carboxylic acids is 1. The summed E-state index contributed by atoms with van der Waals surface area (Å²) < 4.78 is 37.8. The van der Waals surface area contributed by atoms with Gasteiger partial charge >= 0.3 is 6.18 Å². The maximum Gasteiger partial charge on any atom is 0.416 e. The predicted octanol–water partition coefficient (Wildman–Crippen LogP) is 3.77. The molecule has 118 valence electrons. The maximum atomic E-state index is 12.6. The minimum absolute atomic E-state index is 0.00130. The van der Waals surface area contributed by atoms with Crippen LogP contribution >= 0.6 is 0 Å². The summed E-state index contributed by atoms with van der Waals surface area (Å²) in [5.74, 6) is -0.101. The van der Waals surface area contributed by atoms with E-state index in [1.165, 1.54) is 12.1 Å². The van der Waals surface area contributed by atoms with E-state index in [-0.39, 0.29) is 12.5 Å². The van der Waals surface area contributed by atoms with Gasteiger partial charge in [-0.2, -0.15) is 13.2 Å². The Kier molecular flexibility index (Phi) is 6.52. The van der Waals surface area contributed by atoms with Crippen LogP contribution in [-0.2, 0) is 11.0 Å². The molecule has 0 spiro atoms. The predicted molar refractivity (Wildman–Crippen MR) is 77.1 cm³/mol. The molecule has 0 saturated heterocycles. The molecule has 0 aliphatic heterocycles. The zero-order valence-corrected chi connectivity index (χ0v) is 12.3. The van der Waals surface area contributed by atoms with Crippen LogP contribution < -0.4 is 5.32 Å². The van der Waals surface area contributed by atoms with Gasteiger partial charge in [0.25, 0.3) is 0 Å². The van der Waals surface area contributed by atoms with Gasteiger partial charge in [-0.3, -0.25) is 4.79 Å². The molecule has 0 unspecified atom stereocenters. The van der Waals surface area contributed by atoms with Gasteiger partial charge < -0.3 is 10.2 Å². The Morgan fingerprint density at radius 3 is 2.33 bits per heavy atom. The number of halogens is 3. The third kappa shape index (κ3) is 5.65. The van der Waals surface area contributed by atoms with Crippen LogP contribution in [0.3, 0.4) is 0 Å². The first-order valence-electron chi connectivity index (χ1n) is 7.07. The summed E-state index contributed by atoms with van der Waals surface area (Å²) in [6, 6.07) is 4.86. The van der Waals surface area contributed by atoms with E-state index in [9.17, 15) is 18.0 Å². The minimum Gasteiger partial charge on any atom is -0.376 e. The number of hydrogen-bond donors (Lipinski definition) is 1. The van der Waals surface area contributed by atoms with Crippen LogP contribution in [0.4, 0.5) is 18.9 Å². The second-order valence-electron chi connectivity index (χ2n) is 4.81. The van der Waals surface area contributed by atoms with Gasteiger partial charge in [-0.25, -0.2) is 0 Å². The molecule has 1 amide bonds. The van der Waals surface area contributed by atoms with Crippen molar-refractivity contribution >= 4 is 11.6 Å². The van der Waals surface area contributed by atoms with Gasteiger partial charge in [0, 0.05) is 18.8 Å². The average molecular weight is 302 g/mol. The highest BCUT2D eigenvalue weighted by molar-refractivity contribution is 5.80. The monoisotopic (exact) mass is 302 g/mol. The lowest BCUT2D eigenvalue weighted by atomic mass is 10.2. The molecule has 6 heteroatoms. The molecular weight excluding hydrogens is 281 g/mol. The molecule has 0 aromatic heterocycles. The van der Waals surface area contributed by atoms with Crippen LogP contribution in [0.5, 0.6) is 0 Å². The molecule has 0 heterocycles. The first-order chi connectivity index (χ1) is 9.88. The van der Waals surface area contributed by atoms with Gasteiger partial charge in [0.2, 0.25) is 5.91 Å². The molecule has 3 nitrogen and oxygen atoms in total. The van der Waals surface area contributed by atoms with Crippen molar-refractivity contribution in [2.45, 2.75) is 32.9 Å². The van der Waals surface area contributed by atoms with E-state index in [2.05, 4.69) is 5.32 Å². The number of nitrogens with one attached hydrogen (secondary N) is 1. The molecule has 0 bridgehead atoms. The second kappa shape index (κ2) is 7.90. The normalized spacial score (nSPS) is 11.3. The van der Waals surface area contributed by atoms with E-state index in [4.69, 9.17) is 0 Å². The van der Waals surface area contributed by atoms with Crippen molar-refractivity contribution in [3.05, 3.63) is 29.8 Å². The summed E-state index contributed by atoms with van der Waals surface area (Å²) in [4.78, 5) is 13.7. The lowest BCUT2D eigenvalue weighted by Gasteiger charge is -2.22. The smallest absolute Gasteiger partial charge is 0.376 e. The molecule has 0 aliphatic rings. The summed E-state index contributed by atoms with van der Waals surface area (Å²) in [6.07, 6.45) is -2.66. The largest absolute Gasteiger partial charge is 0.416 e. The first kappa shape index (κ1) is 17.3. The van der Waals surface area contributed by atoms with Gasteiger partial charge in [-0.15, -0.1) is 0 Å². The number of alkyl halides is 3. The fourth-order valence-electron chi connectivity index (χ4n) is 2.00. The van der Waals surface area contributed by atoms with Gasteiger partial charge in [0.1, 0.15) is 0 Å². The summed E-state index contributed by atoms with van der Waals surface area (Å²) in [7, 11) is 0. The number of nitrogens with zero attached hydrogens (tertiary/aromatic N) is 1.